The number of carbonyl (C=O) groups is 1. The van der Waals surface area contributed by atoms with E-state index in [0.717, 1.165) is 30.8 Å². The Morgan fingerprint density at radius 3 is 2.67 bits per heavy atom. The molecule has 188 valence electrons. The third-order valence-corrected chi connectivity index (χ3v) is 7.99. The van der Waals surface area contributed by atoms with Gasteiger partial charge >= 0.3 is 0 Å². The van der Waals surface area contributed by atoms with Gasteiger partial charge in [-0.2, -0.15) is 5.10 Å². The first-order chi connectivity index (χ1) is 17.5. The smallest absolute Gasteiger partial charge is 0.251 e. The van der Waals surface area contributed by atoms with E-state index in [1.165, 1.54) is 17.8 Å². The summed E-state index contributed by atoms with van der Waals surface area (Å²) >= 11 is 0. The van der Waals surface area contributed by atoms with E-state index in [4.69, 9.17) is 14.6 Å². The minimum atomic E-state index is -0.0657. The molecule has 7 rings (SSSR count). The van der Waals surface area contributed by atoms with Gasteiger partial charge in [-0.05, 0) is 61.7 Å². The van der Waals surface area contributed by atoms with Crippen molar-refractivity contribution in [2.75, 3.05) is 45.4 Å². The fourth-order valence-corrected chi connectivity index (χ4v) is 5.94. The summed E-state index contributed by atoms with van der Waals surface area (Å²) < 4.78 is 12.8. The number of nitrogens with one attached hydrogen (secondary N) is 1. The minimum absolute atomic E-state index is 0.0657. The Morgan fingerprint density at radius 1 is 1.11 bits per heavy atom. The number of piperidine rings is 3. The number of hydrogen-bond donors (Lipinski definition) is 1. The molecule has 1 amide bonds. The lowest BCUT2D eigenvalue weighted by Crippen LogP contribution is -2.56. The normalized spacial score (nSPS) is 24.1. The number of anilines is 1. The summed E-state index contributed by atoms with van der Waals surface area (Å²) in [5.41, 5.74) is 5.27. The predicted molar refractivity (Wildman–Crippen MR) is 139 cm³/mol. The van der Waals surface area contributed by atoms with Crippen molar-refractivity contribution in [3.8, 4) is 22.8 Å². The van der Waals surface area contributed by atoms with Gasteiger partial charge < -0.3 is 19.7 Å². The zero-order valence-corrected chi connectivity index (χ0v) is 21.1. The molecular formula is C28H33N5O3. The Bertz CT molecular complexity index is 1270. The highest BCUT2D eigenvalue weighted by Gasteiger charge is 2.42. The van der Waals surface area contributed by atoms with Gasteiger partial charge in [0.15, 0.2) is 11.5 Å². The molecule has 4 aliphatic rings. The second-order valence-electron chi connectivity index (χ2n) is 10.3. The van der Waals surface area contributed by atoms with Crippen molar-refractivity contribution >= 4 is 11.6 Å². The number of benzene rings is 2. The molecule has 2 bridgehead atoms. The number of fused-ring (bicyclic) bond motifs is 4. The van der Waals surface area contributed by atoms with Crippen LogP contribution in [0.3, 0.4) is 0 Å². The molecule has 4 aliphatic heterocycles. The van der Waals surface area contributed by atoms with E-state index < -0.39 is 0 Å². The Hall–Kier alpha value is -3.52. The van der Waals surface area contributed by atoms with Crippen molar-refractivity contribution in [3.05, 3.63) is 59.8 Å². The second-order valence-corrected chi connectivity index (χ2v) is 10.3. The summed E-state index contributed by atoms with van der Waals surface area (Å²) in [6.45, 7) is 2.96. The molecule has 0 saturated carbocycles. The summed E-state index contributed by atoms with van der Waals surface area (Å²) in [5.74, 6) is 2.32. The molecule has 2 aromatic carbocycles. The lowest BCUT2D eigenvalue weighted by molar-refractivity contribution is 0.0280. The summed E-state index contributed by atoms with van der Waals surface area (Å²) in [5, 5.41) is 8.01. The predicted octanol–water partition coefficient (Wildman–Crippen LogP) is 3.49. The van der Waals surface area contributed by atoms with Gasteiger partial charge in [0.1, 0.15) is 0 Å². The Balaban J connectivity index is 1.11. The van der Waals surface area contributed by atoms with E-state index in [-0.39, 0.29) is 12.7 Å². The molecule has 36 heavy (non-hydrogen) atoms. The van der Waals surface area contributed by atoms with Crippen LogP contribution in [0.4, 0.5) is 5.69 Å². The van der Waals surface area contributed by atoms with Crippen molar-refractivity contribution in [2.45, 2.75) is 24.8 Å². The van der Waals surface area contributed by atoms with Crippen LogP contribution >= 0.6 is 0 Å². The van der Waals surface area contributed by atoms with Gasteiger partial charge in [-0.25, -0.2) is 0 Å². The standard InChI is InChI=1S/C28H33N5O3/c1-31(2)21-7-4-18(5-8-21)24-14-25(32(3)30-24)23-16-33-11-10-19(23)12-22(33)15-29-28(34)20-6-9-26-27(13-20)36-17-35-26/h4-9,13-14,19,22-23H,10-12,15-17H2,1-3H3,(H,29,34)/t19-,22+,23+/m0/s1. The molecule has 3 saturated heterocycles. The monoisotopic (exact) mass is 487 g/mol. The molecule has 5 heterocycles. The van der Waals surface area contributed by atoms with Crippen LogP contribution in [0.2, 0.25) is 0 Å². The van der Waals surface area contributed by atoms with Gasteiger partial charge in [-0.3, -0.25) is 14.4 Å². The minimum Gasteiger partial charge on any atom is -0.454 e. The number of ether oxygens (including phenoxy) is 2. The maximum absolute atomic E-state index is 12.8. The van der Waals surface area contributed by atoms with Crippen LogP contribution in [-0.4, -0.2) is 67.2 Å². The molecule has 3 fully saturated rings. The second kappa shape index (κ2) is 9.17. The van der Waals surface area contributed by atoms with Crippen LogP contribution in [0.25, 0.3) is 11.3 Å². The first kappa shape index (κ1) is 22.9. The van der Waals surface area contributed by atoms with Crippen LogP contribution in [0.1, 0.15) is 34.8 Å². The van der Waals surface area contributed by atoms with E-state index in [0.29, 0.717) is 41.5 Å². The first-order valence-corrected chi connectivity index (χ1v) is 12.7. The van der Waals surface area contributed by atoms with Gasteiger partial charge in [0.05, 0.1) is 5.69 Å². The molecule has 0 aliphatic carbocycles. The van der Waals surface area contributed by atoms with Crippen LogP contribution < -0.4 is 19.7 Å². The number of carbonyl (C=O) groups excluding carboxylic acids is 1. The lowest BCUT2D eigenvalue weighted by atomic mass is 9.74. The molecule has 0 radical (unpaired) electrons. The zero-order valence-electron chi connectivity index (χ0n) is 21.1. The molecule has 1 N–H and O–H groups in total. The Morgan fingerprint density at radius 2 is 1.92 bits per heavy atom. The fraction of sp³-hybridized carbons (Fsp3) is 0.429. The number of aromatic nitrogens is 2. The van der Waals surface area contributed by atoms with Gasteiger partial charge in [0, 0.05) is 68.7 Å². The van der Waals surface area contributed by atoms with E-state index >= 15 is 0 Å². The average Bonchev–Trinajstić information content (AvgIpc) is 3.53. The van der Waals surface area contributed by atoms with Gasteiger partial charge in [-0.15, -0.1) is 0 Å². The van der Waals surface area contributed by atoms with Crippen molar-refractivity contribution in [2.24, 2.45) is 13.0 Å². The van der Waals surface area contributed by atoms with Crippen LogP contribution in [0, 0.1) is 5.92 Å². The molecule has 1 aromatic heterocycles. The molecule has 3 aromatic rings. The summed E-state index contributed by atoms with van der Waals surface area (Å²) in [7, 11) is 6.17. The van der Waals surface area contributed by atoms with Crippen LogP contribution in [-0.2, 0) is 7.05 Å². The Kier molecular flexibility index (Phi) is 5.84. The van der Waals surface area contributed by atoms with Crippen molar-refractivity contribution < 1.29 is 14.3 Å². The van der Waals surface area contributed by atoms with E-state index in [9.17, 15) is 4.79 Å². The number of aryl methyl sites for hydroxylation is 1. The molecule has 8 nitrogen and oxygen atoms in total. The summed E-state index contributed by atoms with van der Waals surface area (Å²) in [6, 6.07) is 16.6. The zero-order chi connectivity index (χ0) is 24.8. The number of hydrogen-bond acceptors (Lipinski definition) is 6. The molecule has 0 spiro atoms. The van der Waals surface area contributed by atoms with E-state index in [1.807, 2.05) is 0 Å². The first-order valence-electron chi connectivity index (χ1n) is 12.7. The largest absolute Gasteiger partial charge is 0.454 e. The highest BCUT2D eigenvalue weighted by molar-refractivity contribution is 5.95. The highest BCUT2D eigenvalue weighted by atomic mass is 16.7. The van der Waals surface area contributed by atoms with Crippen molar-refractivity contribution in [1.29, 1.82) is 0 Å². The van der Waals surface area contributed by atoms with Gasteiger partial charge in [0.2, 0.25) is 6.79 Å². The van der Waals surface area contributed by atoms with Crippen LogP contribution in [0.5, 0.6) is 11.5 Å². The average molecular weight is 488 g/mol. The third-order valence-electron chi connectivity index (χ3n) is 7.99. The van der Waals surface area contributed by atoms with E-state index in [2.05, 4.69) is 71.3 Å². The Labute approximate surface area is 211 Å². The molecular weight excluding hydrogens is 454 g/mol. The maximum atomic E-state index is 12.8. The highest BCUT2D eigenvalue weighted by Crippen LogP contribution is 2.42. The van der Waals surface area contributed by atoms with E-state index in [1.54, 1.807) is 18.2 Å². The SMILES string of the molecule is CN(C)c1ccc(-c2cc([C@@H]3CN4CC[C@H]3C[C@@H]4CNC(=O)c3ccc4c(c3)OCO4)n(C)n2)cc1. The quantitative estimate of drug-likeness (QED) is 0.574. The number of nitrogens with zero attached hydrogens (tertiary/aromatic N) is 4. The van der Waals surface area contributed by atoms with Crippen molar-refractivity contribution in [3.63, 3.8) is 0 Å². The molecule has 4 atom stereocenters. The number of rotatable bonds is 6. The van der Waals surface area contributed by atoms with Gasteiger partial charge in [-0.1, -0.05) is 12.1 Å². The fourth-order valence-electron chi connectivity index (χ4n) is 5.94. The third kappa shape index (κ3) is 4.19. The van der Waals surface area contributed by atoms with Crippen molar-refractivity contribution in [1.82, 2.24) is 20.0 Å². The van der Waals surface area contributed by atoms with Crippen LogP contribution in [0.15, 0.2) is 48.5 Å². The summed E-state index contributed by atoms with van der Waals surface area (Å²) in [6.07, 6.45) is 2.28. The topological polar surface area (TPSA) is 71.9 Å². The molecule has 1 unspecified atom stereocenters. The molecule has 8 heteroatoms. The summed E-state index contributed by atoms with van der Waals surface area (Å²) in [4.78, 5) is 17.4. The van der Waals surface area contributed by atoms with Gasteiger partial charge in [0.25, 0.3) is 5.91 Å². The lowest BCUT2D eigenvalue weighted by Gasteiger charge is -2.50. The number of amides is 1. The maximum Gasteiger partial charge on any atom is 0.251 e.